The number of imidazole rings is 4. The topological polar surface area (TPSA) is 428 Å². The first-order valence-corrected chi connectivity index (χ1v) is 53.1. The molecular formula is C83H97F4N19O18P2S4Si2. The fraction of sp³-hybridized carbons (Fsp3) is 0.470. The third-order valence-corrected chi connectivity index (χ3v) is 38.4. The van der Waals surface area contributed by atoms with E-state index in [0.29, 0.717) is 63.4 Å². The Kier molecular flexibility index (Phi) is 30.3. The van der Waals surface area contributed by atoms with Crippen molar-refractivity contribution in [2.24, 2.45) is 0 Å². The number of aliphatic hydroxyl groups is 2. The van der Waals surface area contributed by atoms with Gasteiger partial charge in [-0.25, -0.2) is 81.9 Å². The standard InChI is InChI=1S/C44H58F2N9O8PSSi2.C39H35F2N10O10PS.2H2S/c1-43(2,3)66(7,8)59-22-30-35-31(45)41(61-30)54-25-51-33-28(47-23-48-37(33)54)19-15-12-16-20-53(40(56)27-17-13-11-14-18-27)38-34-39(50-24-49-38)55(26-52-34)42-32(46)36(63-67(9,10)44(4,5)6)29(60-42)21-58-64(57,65)62-35;40-28-32(53)27-16-58-62(57,63-17-23-11-6-7-13-25(23)51(55)56)61-33-26(15-52)59-39(29(33)41)49-20-46-30-24(42-18-43-34(30)49)12-5-2-8-14-48(37(54)22-9-3-1-4-10-22)35-31-36(45-19-44-35)50(21-47-31)38(28)60-27;;/h11,13-14,17-18,23-26,29-32,35-36,41-42H,15,19-22H2,1-10H3,(H,57,65);1,3-4,6-7,9-11,13,18-21,26-29,32-33,38-39,52-53H,5,12,14-17H2;2*1H2/t29-,30-,31-,32-,35-,36-,41-,42?,64?;26-,27-,28-,29-,32-,33-,38?,39-,62+;;/m11../s1. The van der Waals surface area contributed by atoms with E-state index in [4.69, 9.17) is 57.7 Å². The molecule has 18 atom stereocenters. The summed E-state index contributed by atoms with van der Waals surface area (Å²) in [7, 11) is -5.11. The first kappa shape index (κ1) is 98.9. The number of benzene rings is 3. The van der Waals surface area contributed by atoms with E-state index in [1.165, 1.54) is 96.6 Å². The van der Waals surface area contributed by atoms with Crippen molar-refractivity contribution in [2.75, 3.05) is 49.3 Å². The van der Waals surface area contributed by atoms with E-state index in [9.17, 15) is 39.4 Å². The van der Waals surface area contributed by atoms with Crippen LogP contribution in [-0.2, 0) is 80.9 Å². The van der Waals surface area contributed by atoms with Gasteiger partial charge in [-0.3, -0.25) is 61.3 Å². The molecule has 14 heterocycles. The zero-order chi connectivity index (χ0) is 92.1. The second-order valence-corrected chi connectivity index (χ2v) is 50.9. The molecule has 3 aromatic carbocycles. The van der Waals surface area contributed by atoms with Crippen LogP contribution in [0, 0.1) is 33.8 Å². The van der Waals surface area contributed by atoms with Crippen LogP contribution in [0.4, 0.5) is 34.9 Å². The van der Waals surface area contributed by atoms with Gasteiger partial charge in [-0.05, 0) is 83.7 Å². The minimum atomic E-state index is -4.70. The summed E-state index contributed by atoms with van der Waals surface area (Å²) in [5.74, 6) is 11.4. The van der Waals surface area contributed by atoms with E-state index in [1.54, 1.807) is 60.7 Å². The molecule has 17 rings (SSSR count). The number of fused-ring (bicyclic) bond motifs is 12. The number of nitro benzene ring substituents is 1. The van der Waals surface area contributed by atoms with Gasteiger partial charge in [0.2, 0.25) is 0 Å². The highest BCUT2D eigenvalue weighted by Crippen LogP contribution is 2.65. The van der Waals surface area contributed by atoms with Gasteiger partial charge in [-0.2, -0.15) is 27.0 Å². The Morgan fingerprint density at radius 3 is 1.49 bits per heavy atom. The number of aryl methyl sites for hydroxylation is 2. The van der Waals surface area contributed by atoms with Gasteiger partial charge in [0.05, 0.1) is 81.1 Å². The van der Waals surface area contributed by atoms with Gasteiger partial charge in [-0.1, -0.05) is 108 Å². The van der Waals surface area contributed by atoms with Crippen LogP contribution in [0.5, 0.6) is 0 Å². The Hall–Kier alpha value is -9.12. The number of carbonyl (C=O) groups excluding carboxylic acids is 2. The van der Waals surface area contributed by atoms with Crippen LogP contribution < -0.4 is 9.80 Å². The van der Waals surface area contributed by atoms with E-state index < -0.39 is 165 Å². The zero-order valence-electron chi connectivity index (χ0n) is 72.9. The molecule has 8 aromatic heterocycles. The molecule has 0 aliphatic carbocycles. The van der Waals surface area contributed by atoms with Gasteiger partial charge in [0.25, 0.3) is 17.5 Å². The van der Waals surface area contributed by atoms with Crippen molar-refractivity contribution < 1.29 is 97.6 Å². The maximum atomic E-state index is 17.3. The van der Waals surface area contributed by atoms with E-state index in [2.05, 4.69) is 117 Å². The molecule has 4 fully saturated rings. The molecule has 702 valence electrons. The number of hydrogen-bond acceptors (Lipinski definition) is 31. The van der Waals surface area contributed by atoms with Gasteiger partial charge in [0.15, 0.2) is 111 Å². The predicted molar refractivity (Wildman–Crippen MR) is 494 cm³/mol. The minimum absolute atomic E-state index is 0. The second-order valence-electron chi connectivity index (χ2n) is 34.5. The number of ether oxygens (including phenoxy) is 4. The number of anilines is 2. The molecule has 0 saturated carbocycles. The molecule has 3 unspecified atom stereocenters. The van der Waals surface area contributed by atoms with Gasteiger partial charge < -0.3 is 47.4 Å². The number of para-hydroxylation sites is 1. The fourth-order valence-electron chi connectivity index (χ4n) is 15.1. The largest absolute Gasteiger partial charge is 0.414 e. The zero-order valence-corrected chi connectivity index (χ0v) is 80.3. The molecule has 0 radical (unpaired) electrons. The predicted octanol–water partition coefficient (Wildman–Crippen LogP) is 12.4. The molecule has 4 saturated heterocycles. The van der Waals surface area contributed by atoms with Crippen molar-refractivity contribution in [3.8, 4) is 23.7 Å². The average molecular weight is 1970 g/mol. The Morgan fingerprint density at radius 2 is 1.00 bits per heavy atom. The lowest BCUT2D eigenvalue weighted by Gasteiger charge is -2.39. The average Bonchev–Trinajstić information content (AvgIpc) is 1.57. The molecule has 132 heavy (non-hydrogen) atoms. The Bertz CT molecular complexity index is 6280. The Balaban J connectivity index is 0.000000210. The highest BCUT2D eigenvalue weighted by molar-refractivity contribution is 8.54. The maximum Gasteiger partial charge on any atom is 0.390 e. The molecule has 6 aliphatic rings. The molecule has 37 nitrogen and oxygen atoms in total. The number of nitrogens with zero attached hydrogens (tertiary/aromatic N) is 19. The summed E-state index contributed by atoms with van der Waals surface area (Å²) in [5, 5.41) is 32.8. The lowest BCUT2D eigenvalue weighted by atomic mass is 10.1. The summed E-state index contributed by atoms with van der Waals surface area (Å²) in [6, 6.07) is 22.8. The lowest BCUT2D eigenvalue weighted by molar-refractivity contribution is -0.385. The van der Waals surface area contributed by atoms with Gasteiger partial charge in [0, 0.05) is 54.2 Å². The fourth-order valence-corrected chi connectivity index (χ4v) is 22.3. The summed E-state index contributed by atoms with van der Waals surface area (Å²) < 4.78 is 149. The van der Waals surface area contributed by atoms with E-state index in [-0.39, 0.29) is 126 Å². The van der Waals surface area contributed by atoms with Crippen molar-refractivity contribution in [3.05, 3.63) is 174 Å². The van der Waals surface area contributed by atoms with Crippen LogP contribution >= 0.6 is 51.9 Å². The highest BCUT2D eigenvalue weighted by atomic mass is 32.7. The minimum Gasteiger partial charge on any atom is -0.414 e. The van der Waals surface area contributed by atoms with E-state index >= 15 is 17.6 Å². The first-order chi connectivity index (χ1) is 62.0. The van der Waals surface area contributed by atoms with Crippen molar-refractivity contribution in [1.29, 1.82) is 0 Å². The SMILES string of the molecule is CC(C)(C)[Si](C)(C)OC[C@H]1O[C@@H]2[C@H](F)[C@@H]1OP(O)(=S)OC[C@H]1OC([C@H](F)[C@@H]1O[Si](C)(C)C(C)(C)C)n1cnc3c(ncnc31)N(C(=O)c1ccccc1)CC#CCCc1ncnc3c1ncn32.O=C(c1ccccc1)N1CC#CCCc2ncnc3c2ncn3[C@@H]2O[C@H](CO)[C@@H](O[P@@](=O)(SCc3ccccc3[N+](=O)[O-])OC[C@H]3OC([C@H](F)[C@@H]3O)n3cnc4c1ncnc43)[C@H]2F.S.S. The number of carbonyl (C=O) groups is 2. The third kappa shape index (κ3) is 20.3. The van der Waals surface area contributed by atoms with Crippen molar-refractivity contribution in [1.82, 2.24) is 78.1 Å². The van der Waals surface area contributed by atoms with Crippen LogP contribution in [0.3, 0.4) is 0 Å². The third-order valence-electron chi connectivity index (χ3n) is 24.2. The molecule has 11 aromatic rings. The van der Waals surface area contributed by atoms with Crippen LogP contribution in [0.2, 0.25) is 36.3 Å². The molecule has 0 spiro atoms. The van der Waals surface area contributed by atoms with Crippen molar-refractivity contribution >= 4 is 154 Å². The number of alkyl halides is 4. The van der Waals surface area contributed by atoms with E-state index in [0.717, 1.165) is 6.33 Å². The van der Waals surface area contributed by atoms with Gasteiger partial charge in [-0.15, -0.1) is 11.8 Å². The summed E-state index contributed by atoms with van der Waals surface area (Å²) in [6.07, 6.45) is -13.7. The number of amides is 2. The number of hydrogen-bond donors (Lipinski definition) is 3. The maximum absolute atomic E-state index is 17.3. The highest BCUT2D eigenvalue weighted by Gasteiger charge is 2.57. The normalized spacial score (nSPS) is 27.4. The monoisotopic (exact) mass is 1970 g/mol. The Morgan fingerprint density at radius 1 is 0.568 bits per heavy atom. The molecule has 2 amide bonds. The summed E-state index contributed by atoms with van der Waals surface area (Å²) in [6.45, 7) is 9.01. The van der Waals surface area contributed by atoms with Crippen LogP contribution in [0.1, 0.15) is 117 Å². The molecule has 24 bridgehead atoms. The summed E-state index contributed by atoms with van der Waals surface area (Å²) >= 11 is 6.07. The molecular weight excluding hydrogens is 1870 g/mol. The quantitative estimate of drug-likeness (QED) is 0.0255. The van der Waals surface area contributed by atoms with Gasteiger partial charge in [0.1, 0.15) is 85.2 Å². The number of halogens is 4. The lowest BCUT2D eigenvalue weighted by Crippen LogP contribution is -2.49. The molecule has 6 aliphatic heterocycles. The number of rotatable bonds is 12. The van der Waals surface area contributed by atoms with E-state index in [1.807, 2.05) is 33.9 Å². The van der Waals surface area contributed by atoms with Gasteiger partial charge >= 0.3 is 13.5 Å². The number of aromatic nitrogens is 16. The first-order valence-electron chi connectivity index (χ1n) is 41.6. The Labute approximate surface area is 779 Å². The molecule has 49 heteroatoms. The number of aliphatic hydroxyl groups excluding tert-OH is 2. The molecule has 3 N–H and O–H groups in total. The second kappa shape index (κ2) is 40.4. The summed E-state index contributed by atoms with van der Waals surface area (Å²) in [4.78, 5) is 107. The van der Waals surface area contributed by atoms with Crippen LogP contribution in [-0.4, -0.2) is 240 Å². The number of nitro groups is 1. The van der Waals surface area contributed by atoms with Crippen LogP contribution in [0.15, 0.2) is 136 Å². The van der Waals surface area contributed by atoms with Crippen molar-refractivity contribution in [2.45, 2.75) is 208 Å². The smallest absolute Gasteiger partial charge is 0.390 e. The van der Waals surface area contributed by atoms with Crippen molar-refractivity contribution in [3.63, 3.8) is 0 Å². The summed E-state index contributed by atoms with van der Waals surface area (Å²) in [5.41, 5.74) is 3.27. The van der Waals surface area contributed by atoms with Crippen LogP contribution in [0.25, 0.3) is 44.7 Å².